The number of ketones is 1. The number of guanidine groups is 1. The van der Waals surface area contributed by atoms with Crippen LogP contribution in [0.15, 0.2) is 47.5 Å². The molecule has 5 N–H and O–H groups in total. The monoisotopic (exact) mass is 726 g/mol. The standard InChI is InChI=1S/C43H58N4O6/c1-44-29-42(21-18-30(27-42)19-23-52-34-13-5-6-14-34)53-38-25-31-10-4-7-15-39(49)43(28-32-16-17-36(48)37(26-32)51-3)20-8-11-33(43)12-9-22-46-41(45-2)47-35(24-31)40(38)50/h7,15-17,24-26,30,33-34,44,48,50H,4-6,8,10-14,18-21,23,27-29H2,1-3H3,(H2,45,46,47)/t30-,33-,42-,43-/m1/s1. The second-order valence-corrected chi connectivity index (χ2v) is 15.5. The van der Waals surface area contributed by atoms with Crippen molar-refractivity contribution in [2.24, 2.45) is 22.2 Å². The highest BCUT2D eigenvalue weighted by molar-refractivity contribution is 5.97. The van der Waals surface area contributed by atoms with E-state index in [1.807, 2.05) is 37.4 Å². The lowest BCUT2D eigenvalue weighted by Gasteiger charge is -2.33. The molecule has 4 aliphatic rings. The molecule has 3 saturated carbocycles. The van der Waals surface area contributed by atoms with Crippen LogP contribution in [0.4, 0.5) is 5.69 Å². The number of nitrogens with zero attached hydrogens (tertiary/aromatic N) is 1. The van der Waals surface area contributed by atoms with Gasteiger partial charge in [-0.2, -0.15) is 0 Å². The van der Waals surface area contributed by atoms with Crippen LogP contribution in [0.25, 0.3) is 0 Å². The van der Waals surface area contributed by atoms with Crippen molar-refractivity contribution in [3.63, 3.8) is 0 Å². The van der Waals surface area contributed by atoms with E-state index in [2.05, 4.69) is 32.9 Å². The maximum Gasteiger partial charge on any atom is 0.207 e. The molecule has 10 heteroatoms. The summed E-state index contributed by atoms with van der Waals surface area (Å²) in [5, 5.41) is 31.6. The number of carbonyl (C=O) groups is 1. The number of aromatic hydroxyl groups is 2. The summed E-state index contributed by atoms with van der Waals surface area (Å²) in [5.41, 5.74) is 1.33. The quantitative estimate of drug-likeness (QED) is 0.122. The number of methoxy groups -OCH3 is 1. The number of benzene rings is 2. The Labute approximate surface area is 315 Å². The molecule has 0 radical (unpaired) electrons. The smallest absolute Gasteiger partial charge is 0.207 e. The molecule has 2 bridgehead atoms. The van der Waals surface area contributed by atoms with Crippen molar-refractivity contribution in [1.82, 2.24) is 10.6 Å². The molecular formula is C43H58N4O6. The van der Waals surface area contributed by atoms with Crippen LogP contribution in [-0.4, -0.2) is 68.0 Å². The Morgan fingerprint density at radius 2 is 1.91 bits per heavy atom. The topological polar surface area (TPSA) is 134 Å². The van der Waals surface area contributed by atoms with E-state index in [0.717, 1.165) is 62.7 Å². The summed E-state index contributed by atoms with van der Waals surface area (Å²) in [4.78, 5) is 18.6. The van der Waals surface area contributed by atoms with Crippen LogP contribution in [-0.2, 0) is 22.4 Å². The van der Waals surface area contributed by atoms with Gasteiger partial charge < -0.3 is 35.1 Å². The van der Waals surface area contributed by atoms with Gasteiger partial charge in [0, 0.05) is 38.1 Å². The van der Waals surface area contributed by atoms with Crippen LogP contribution in [0.3, 0.4) is 0 Å². The third-order valence-electron chi connectivity index (χ3n) is 12.0. The molecule has 53 heavy (non-hydrogen) atoms. The number of phenolic OH excluding ortho intramolecular Hbond substituents is 2. The maximum absolute atomic E-state index is 14.2. The predicted molar refractivity (Wildman–Crippen MR) is 209 cm³/mol. The molecule has 0 unspecified atom stereocenters. The maximum atomic E-state index is 14.2. The second kappa shape index (κ2) is 17.7. The second-order valence-electron chi connectivity index (χ2n) is 15.5. The number of anilines is 1. The third-order valence-corrected chi connectivity index (χ3v) is 12.0. The number of aryl methyl sites for hydroxylation is 1. The first-order chi connectivity index (χ1) is 25.8. The molecule has 4 atom stereocenters. The summed E-state index contributed by atoms with van der Waals surface area (Å²) in [6.45, 7) is 1.46. The lowest BCUT2D eigenvalue weighted by Crippen LogP contribution is -2.42. The van der Waals surface area contributed by atoms with Crippen molar-refractivity contribution < 1.29 is 29.2 Å². The molecule has 0 saturated heterocycles. The first-order valence-electron chi connectivity index (χ1n) is 19.6. The largest absolute Gasteiger partial charge is 0.504 e. The minimum Gasteiger partial charge on any atom is -0.504 e. The van der Waals surface area contributed by atoms with Gasteiger partial charge in [-0.15, -0.1) is 0 Å². The van der Waals surface area contributed by atoms with E-state index in [4.69, 9.17) is 14.2 Å². The lowest BCUT2D eigenvalue weighted by atomic mass is 9.69. The van der Waals surface area contributed by atoms with Gasteiger partial charge in [-0.1, -0.05) is 37.3 Å². The number of hydrogen-bond acceptors (Lipinski definition) is 8. The van der Waals surface area contributed by atoms with Crippen LogP contribution < -0.4 is 25.4 Å². The number of likely N-dealkylation sites (N-methyl/N-ethyl adjacent to an activating group) is 1. The number of phenols is 2. The van der Waals surface area contributed by atoms with Gasteiger partial charge in [0.05, 0.1) is 18.9 Å². The van der Waals surface area contributed by atoms with Gasteiger partial charge in [-0.3, -0.25) is 15.1 Å². The van der Waals surface area contributed by atoms with Crippen molar-refractivity contribution in [2.45, 2.75) is 108 Å². The highest BCUT2D eigenvalue weighted by atomic mass is 16.5. The van der Waals surface area contributed by atoms with E-state index < -0.39 is 11.0 Å². The highest BCUT2D eigenvalue weighted by Crippen LogP contribution is 2.49. The van der Waals surface area contributed by atoms with Gasteiger partial charge in [0.1, 0.15) is 5.60 Å². The molecule has 0 aromatic heterocycles. The zero-order valence-corrected chi connectivity index (χ0v) is 31.8. The number of allylic oxidation sites excluding steroid dienone is 2. The van der Waals surface area contributed by atoms with Gasteiger partial charge in [0.25, 0.3) is 0 Å². The number of fused-ring (bicyclic) bond motifs is 3. The van der Waals surface area contributed by atoms with E-state index in [9.17, 15) is 15.0 Å². The molecular weight excluding hydrogens is 668 g/mol. The normalized spacial score (nSPS) is 27.2. The number of carbonyl (C=O) groups excluding carboxylic acids is 1. The molecule has 3 aliphatic carbocycles. The Bertz CT molecular complexity index is 1710. The number of aliphatic imine (C=N–C) groups is 1. The Hall–Kier alpha value is -4.20. The zero-order chi connectivity index (χ0) is 37.3. The summed E-state index contributed by atoms with van der Waals surface area (Å²) in [6, 6.07) is 12.3. The molecule has 1 heterocycles. The average Bonchev–Trinajstić information content (AvgIpc) is 3.92. The van der Waals surface area contributed by atoms with E-state index in [-0.39, 0.29) is 23.2 Å². The number of hydrogen-bond donors (Lipinski definition) is 5. The van der Waals surface area contributed by atoms with E-state index in [1.54, 1.807) is 19.2 Å². The van der Waals surface area contributed by atoms with Crippen LogP contribution in [0.1, 0.15) is 94.6 Å². The minimum atomic E-state index is -0.611. The SMILES string of the molecule is CN=C1NC#CC[C@H]2CCC[C@]2(Cc2ccc(O)c(OC)c2)C(=O)C=CCCc2cc(c(O)c(O[C@]3(CNC)CC[C@H](CCOC4CCCC4)C3)c2)N1. The van der Waals surface area contributed by atoms with Crippen LogP contribution in [0.5, 0.6) is 23.0 Å². The van der Waals surface area contributed by atoms with Gasteiger partial charge in [-0.25, -0.2) is 0 Å². The van der Waals surface area contributed by atoms with Crippen LogP contribution in [0.2, 0.25) is 0 Å². The summed E-state index contributed by atoms with van der Waals surface area (Å²) in [6.07, 6.45) is 17.9. The van der Waals surface area contributed by atoms with Crippen molar-refractivity contribution in [3.05, 3.63) is 53.6 Å². The molecule has 2 aromatic carbocycles. The summed E-state index contributed by atoms with van der Waals surface area (Å²) in [5.74, 6) is 5.29. The highest BCUT2D eigenvalue weighted by Gasteiger charge is 2.47. The van der Waals surface area contributed by atoms with E-state index >= 15 is 0 Å². The van der Waals surface area contributed by atoms with Gasteiger partial charge in [0.2, 0.25) is 5.96 Å². The summed E-state index contributed by atoms with van der Waals surface area (Å²) >= 11 is 0. The predicted octanol–water partition coefficient (Wildman–Crippen LogP) is 7.03. The lowest BCUT2D eigenvalue weighted by molar-refractivity contribution is -0.125. The molecule has 1 aliphatic heterocycles. The van der Waals surface area contributed by atoms with Crippen LogP contribution in [0, 0.1) is 29.2 Å². The van der Waals surface area contributed by atoms with Gasteiger partial charge in [-0.05, 0) is 131 Å². The molecule has 6 rings (SSSR count). The Morgan fingerprint density at radius 1 is 1.06 bits per heavy atom. The molecule has 2 aromatic rings. The number of nitrogens with one attached hydrogen (secondary N) is 3. The Kier molecular flexibility index (Phi) is 12.9. The molecule has 3 fully saturated rings. The van der Waals surface area contributed by atoms with Crippen molar-refractivity contribution in [3.8, 4) is 35.0 Å². The fourth-order valence-electron chi connectivity index (χ4n) is 9.16. The summed E-state index contributed by atoms with van der Waals surface area (Å²) < 4.78 is 18.4. The zero-order valence-electron chi connectivity index (χ0n) is 31.8. The third kappa shape index (κ3) is 9.31. The van der Waals surface area contributed by atoms with Crippen LogP contribution >= 0.6 is 0 Å². The summed E-state index contributed by atoms with van der Waals surface area (Å²) in [7, 11) is 5.15. The molecule has 10 nitrogen and oxygen atoms in total. The molecule has 0 spiro atoms. The van der Waals surface area contributed by atoms with Gasteiger partial charge in [0.15, 0.2) is 28.8 Å². The minimum absolute atomic E-state index is 0.0293. The van der Waals surface area contributed by atoms with Crippen molar-refractivity contribution in [2.75, 3.05) is 39.7 Å². The van der Waals surface area contributed by atoms with Crippen molar-refractivity contribution in [1.29, 1.82) is 0 Å². The van der Waals surface area contributed by atoms with Gasteiger partial charge >= 0.3 is 0 Å². The Balaban J connectivity index is 1.23. The Morgan fingerprint density at radius 3 is 2.70 bits per heavy atom. The number of ether oxygens (including phenoxy) is 3. The molecule has 286 valence electrons. The fourth-order valence-corrected chi connectivity index (χ4v) is 9.16. The average molecular weight is 727 g/mol. The number of rotatable bonds is 11. The first kappa shape index (κ1) is 38.5. The first-order valence-corrected chi connectivity index (χ1v) is 19.6. The fraction of sp³-hybridized carbons (Fsp3) is 0.581. The van der Waals surface area contributed by atoms with E-state index in [0.29, 0.717) is 67.4 Å². The molecule has 0 amide bonds. The van der Waals surface area contributed by atoms with Crippen molar-refractivity contribution >= 4 is 17.4 Å². The van der Waals surface area contributed by atoms with E-state index in [1.165, 1.54) is 32.8 Å².